The molecule has 1 aliphatic heterocycles. The monoisotopic (exact) mass is 380 g/mol. The van der Waals surface area contributed by atoms with Crippen LogP contribution >= 0.6 is 11.6 Å². The normalized spacial score (nSPS) is 13.7. The van der Waals surface area contributed by atoms with Crippen LogP contribution in [0.5, 0.6) is 5.75 Å². The fourth-order valence-corrected chi connectivity index (χ4v) is 4.22. The topological polar surface area (TPSA) is 75.7 Å². The van der Waals surface area contributed by atoms with Gasteiger partial charge in [-0.25, -0.2) is 8.42 Å². The molecule has 0 saturated heterocycles. The van der Waals surface area contributed by atoms with Crippen LogP contribution < -0.4 is 14.4 Å². The van der Waals surface area contributed by atoms with Gasteiger partial charge in [0.1, 0.15) is 5.75 Å². The molecule has 2 aromatic rings. The Morgan fingerprint density at radius 1 is 1.24 bits per heavy atom. The molecule has 1 amide bonds. The molecular formula is C17H17ClN2O4S. The molecule has 2 aromatic carbocycles. The van der Waals surface area contributed by atoms with Crippen LogP contribution in [0, 0.1) is 0 Å². The number of nitrogens with zero attached hydrogens (tertiary/aromatic N) is 1. The molecule has 0 unspecified atom stereocenters. The fourth-order valence-electron chi connectivity index (χ4n) is 2.82. The SMILES string of the molecule is CCN1C(=O)Cc2cc(NS(=O)(=O)c3ccc(OC)c(Cl)c3)ccc21. The molecule has 25 heavy (non-hydrogen) atoms. The number of carbonyl (C=O) groups excluding carboxylic acids is 1. The number of methoxy groups -OCH3 is 1. The number of hydrogen-bond acceptors (Lipinski definition) is 4. The summed E-state index contributed by atoms with van der Waals surface area (Å²) in [5.41, 5.74) is 2.03. The highest BCUT2D eigenvalue weighted by Gasteiger charge is 2.26. The van der Waals surface area contributed by atoms with E-state index in [2.05, 4.69) is 4.72 Å². The zero-order valence-electron chi connectivity index (χ0n) is 13.7. The number of carbonyl (C=O) groups is 1. The van der Waals surface area contributed by atoms with Crippen LogP contribution in [0.3, 0.4) is 0 Å². The lowest BCUT2D eigenvalue weighted by Gasteiger charge is -2.15. The molecular weight excluding hydrogens is 364 g/mol. The van der Waals surface area contributed by atoms with Gasteiger partial charge in [0.25, 0.3) is 10.0 Å². The van der Waals surface area contributed by atoms with Crippen LogP contribution in [0.25, 0.3) is 0 Å². The summed E-state index contributed by atoms with van der Waals surface area (Å²) in [5.74, 6) is 0.413. The molecule has 1 aliphatic rings. The number of rotatable bonds is 5. The van der Waals surface area contributed by atoms with Crippen LogP contribution in [0.4, 0.5) is 11.4 Å². The lowest BCUT2D eigenvalue weighted by atomic mass is 10.1. The number of fused-ring (bicyclic) bond motifs is 1. The van der Waals surface area contributed by atoms with Gasteiger partial charge >= 0.3 is 0 Å². The van der Waals surface area contributed by atoms with Crippen LogP contribution in [-0.4, -0.2) is 28.0 Å². The maximum absolute atomic E-state index is 12.6. The summed E-state index contributed by atoms with van der Waals surface area (Å²) in [6.45, 7) is 2.48. The Balaban J connectivity index is 1.88. The third-order valence-corrected chi connectivity index (χ3v) is 5.69. The van der Waals surface area contributed by atoms with E-state index in [1.165, 1.54) is 25.3 Å². The van der Waals surface area contributed by atoms with E-state index in [1.54, 1.807) is 23.1 Å². The van der Waals surface area contributed by atoms with E-state index >= 15 is 0 Å². The number of sulfonamides is 1. The van der Waals surface area contributed by atoms with E-state index in [0.717, 1.165) is 11.3 Å². The van der Waals surface area contributed by atoms with Crippen molar-refractivity contribution >= 4 is 38.9 Å². The number of ether oxygens (including phenoxy) is 1. The van der Waals surface area contributed by atoms with E-state index in [1.807, 2.05) is 6.92 Å². The zero-order chi connectivity index (χ0) is 18.2. The lowest BCUT2D eigenvalue weighted by Crippen LogP contribution is -2.25. The van der Waals surface area contributed by atoms with Crippen molar-refractivity contribution in [3.05, 3.63) is 47.0 Å². The number of anilines is 2. The third-order valence-electron chi connectivity index (χ3n) is 4.02. The number of halogens is 1. The molecule has 3 rings (SSSR count). The summed E-state index contributed by atoms with van der Waals surface area (Å²) in [7, 11) is -2.34. The van der Waals surface area contributed by atoms with Crippen LogP contribution in [0.1, 0.15) is 12.5 Å². The quantitative estimate of drug-likeness (QED) is 0.864. The first-order valence-corrected chi connectivity index (χ1v) is 9.51. The van der Waals surface area contributed by atoms with Crippen molar-refractivity contribution in [1.82, 2.24) is 0 Å². The van der Waals surface area contributed by atoms with Crippen molar-refractivity contribution < 1.29 is 17.9 Å². The molecule has 8 heteroatoms. The highest BCUT2D eigenvalue weighted by molar-refractivity contribution is 7.92. The highest BCUT2D eigenvalue weighted by Crippen LogP contribution is 2.32. The summed E-state index contributed by atoms with van der Waals surface area (Å²) in [4.78, 5) is 13.6. The molecule has 0 atom stereocenters. The van der Waals surface area contributed by atoms with Crippen molar-refractivity contribution in [3.8, 4) is 5.75 Å². The van der Waals surface area contributed by atoms with Crippen LogP contribution in [0.15, 0.2) is 41.3 Å². The van der Waals surface area contributed by atoms with Gasteiger partial charge < -0.3 is 9.64 Å². The number of nitrogens with one attached hydrogen (secondary N) is 1. The summed E-state index contributed by atoms with van der Waals surface area (Å²) in [6, 6.07) is 9.33. The average molecular weight is 381 g/mol. The summed E-state index contributed by atoms with van der Waals surface area (Å²) in [5, 5.41) is 0.212. The second-order valence-electron chi connectivity index (χ2n) is 5.56. The van der Waals surface area contributed by atoms with Crippen molar-refractivity contribution in [2.75, 3.05) is 23.3 Å². The molecule has 0 fully saturated rings. The van der Waals surface area contributed by atoms with Gasteiger partial charge in [-0.15, -0.1) is 0 Å². The summed E-state index contributed by atoms with van der Waals surface area (Å²) in [6.07, 6.45) is 0.271. The first-order chi connectivity index (χ1) is 11.9. The Labute approximate surface area is 151 Å². The molecule has 0 spiro atoms. The maximum atomic E-state index is 12.6. The predicted octanol–water partition coefficient (Wildman–Crippen LogP) is 3.06. The van der Waals surface area contributed by atoms with Gasteiger partial charge in [-0.1, -0.05) is 11.6 Å². The first-order valence-electron chi connectivity index (χ1n) is 7.65. The minimum Gasteiger partial charge on any atom is -0.495 e. The maximum Gasteiger partial charge on any atom is 0.261 e. The van der Waals surface area contributed by atoms with E-state index in [4.69, 9.17) is 16.3 Å². The predicted molar refractivity (Wildman–Crippen MR) is 97.0 cm³/mol. The van der Waals surface area contributed by atoms with E-state index in [0.29, 0.717) is 18.0 Å². The average Bonchev–Trinajstić information content (AvgIpc) is 2.88. The molecule has 1 N–H and O–H groups in total. The van der Waals surface area contributed by atoms with Crippen LogP contribution in [-0.2, 0) is 21.2 Å². The molecule has 132 valence electrons. The van der Waals surface area contributed by atoms with Gasteiger partial charge in [-0.3, -0.25) is 9.52 Å². The Morgan fingerprint density at radius 2 is 2.00 bits per heavy atom. The number of amides is 1. The van der Waals surface area contributed by atoms with E-state index in [9.17, 15) is 13.2 Å². The zero-order valence-corrected chi connectivity index (χ0v) is 15.3. The Bertz CT molecular complexity index is 944. The molecule has 0 radical (unpaired) electrons. The largest absolute Gasteiger partial charge is 0.495 e. The van der Waals surface area contributed by atoms with Gasteiger partial charge in [0.05, 0.1) is 23.4 Å². The van der Waals surface area contributed by atoms with E-state index < -0.39 is 10.0 Å². The summed E-state index contributed by atoms with van der Waals surface area (Å²) >= 11 is 6.00. The number of likely N-dealkylation sites (N-methyl/N-ethyl adjacent to an activating group) is 1. The highest BCUT2D eigenvalue weighted by atomic mass is 35.5. The van der Waals surface area contributed by atoms with Gasteiger partial charge in [0, 0.05) is 17.9 Å². The van der Waals surface area contributed by atoms with Crippen molar-refractivity contribution in [2.45, 2.75) is 18.2 Å². The second kappa shape index (κ2) is 6.57. The minimum absolute atomic E-state index is 0.0134. The third kappa shape index (κ3) is 3.29. The summed E-state index contributed by atoms with van der Waals surface area (Å²) < 4.78 is 32.6. The fraction of sp³-hybridized carbons (Fsp3) is 0.235. The second-order valence-corrected chi connectivity index (χ2v) is 7.65. The number of hydrogen-bond donors (Lipinski definition) is 1. The molecule has 0 saturated carbocycles. The van der Waals surface area contributed by atoms with Crippen LogP contribution in [0.2, 0.25) is 5.02 Å². The Hall–Kier alpha value is -2.25. The Kier molecular flexibility index (Phi) is 4.62. The molecule has 0 aromatic heterocycles. The first kappa shape index (κ1) is 17.6. The molecule has 6 nitrogen and oxygen atoms in total. The molecule has 0 bridgehead atoms. The van der Waals surface area contributed by atoms with Crippen molar-refractivity contribution in [2.24, 2.45) is 0 Å². The molecule has 1 heterocycles. The smallest absolute Gasteiger partial charge is 0.261 e. The van der Waals surface area contributed by atoms with Crippen molar-refractivity contribution in [3.63, 3.8) is 0 Å². The minimum atomic E-state index is -3.80. The van der Waals surface area contributed by atoms with Gasteiger partial charge in [-0.05, 0) is 48.9 Å². The lowest BCUT2D eigenvalue weighted by molar-refractivity contribution is -0.117. The molecule has 0 aliphatic carbocycles. The number of benzene rings is 2. The van der Waals surface area contributed by atoms with Gasteiger partial charge in [0.2, 0.25) is 5.91 Å². The standard InChI is InChI=1S/C17H17ClN2O4S/c1-3-20-15-6-4-12(8-11(15)9-17(20)21)19-25(22,23)13-5-7-16(24-2)14(18)10-13/h4-8,10,19H,3,9H2,1-2H3. The van der Waals surface area contributed by atoms with Gasteiger partial charge in [-0.2, -0.15) is 0 Å². The van der Waals surface area contributed by atoms with Crippen molar-refractivity contribution in [1.29, 1.82) is 0 Å². The van der Waals surface area contributed by atoms with Gasteiger partial charge in [0.15, 0.2) is 0 Å². The Morgan fingerprint density at radius 3 is 2.64 bits per heavy atom. The van der Waals surface area contributed by atoms with E-state index in [-0.39, 0.29) is 22.2 Å².